The number of fused-ring (bicyclic) bond motifs is 1. The predicted octanol–water partition coefficient (Wildman–Crippen LogP) is 4.16. The highest BCUT2D eigenvalue weighted by Gasteiger charge is 2.24. The minimum Gasteiger partial charge on any atom is -0.488 e. The molecule has 0 atom stereocenters. The summed E-state index contributed by atoms with van der Waals surface area (Å²) in [5.74, 6) is 0.646. The maximum atomic E-state index is 12.1. The van der Waals surface area contributed by atoms with Crippen LogP contribution >= 0.6 is 0 Å². The third-order valence-corrected chi connectivity index (χ3v) is 6.35. The fraction of sp³-hybridized carbons (Fsp3) is 0.231. The molecule has 2 amide bonds. The Morgan fingerprint density at radius 1 is 1.11 bits per heavy atom. The van der Waals surface area contributed by atoms with Crippen LogP contribution in [0.15, 0.2) is 60.8 Å². The number of carbonyl (C=O) groups excluding carboxylic acids is 1. The summed E-state index contributed by atoms with van der Waals surface area (Å²) in [6, 6.07) is 16.9. The standard InChI is InChI=1S/C26H25N5O4/c27-23(32)20-12-18(6-7-22(20)35-15-16-4-2-1-3-5-16)24-29-21-13-19(14-28-25(21)30-24)17-8-10-31(11-9-17)26(33)34/h1-7,12-14,17H,8-11,15H2,(H2,27,32)(H,33,34)(H,28,29,30). The Bertz CT molecular complexity index is 1380. The van der Waals surface area contributed by atoms with Crippen LogP contribution in [0.1, 0.15) is 40.2 Å². The van der Waals surface area contributed by atoms with Crippen LogP contribution in [-0.2, 0) is 6.61 Å². The second kappa shape index (κ2) is 9.46. The number of likely N-dealkylation sites (tertiary alicyclic amines) is 1. The van der Waals surface area contributed by atoms with Crippen LogP contribution < -0.4 is 10.5 Å². The van der Waals surface area contributed by atoms with E-state index in [1.807, 2.05) is 48.7 Å². The molecule has 35 heavy (non-hydrogen) atoms. The molecule has 0 saturated carbocycles. The molecule has 9 heteroatoms. The lowest BCUT2D eigenvalue weighted by atomic mass is 9.90. The summed E-state index contributed by atoms with van der Waals surface area (Å²) in [4.78, 5) is 37.1. The second-order valence-electron chi connectivity index (χ2n) is 8.62. The van der Waals surface area contributed by atoms with Gasteiger partial charge in [-0.2, -0.15) is 0 Å². The maximum absolute atomic E-state index is 12.1. The van der Waals surface area contributed by atoms with Crippen molar-refractivity contribution in [2.45, 2.75) is 25.4 Å². The Morgan fingerprint density at radius 3 is 2.60 bits per heavy atom. The van der Waals surface area contributed by atoms with E-state index in [1.54, 1.807) is 12.1 Å². The average molecular weight is 472 g/mol. The SMILES string of the molecule is NC(=O)c1cc(-c2nc3ncc(C4CCN(C(=O)O)CC4)cc3[nH]2)ccc1OCc1ccccc1. The van der Waals surface area contributed by atoms with Crippen LogP contribution in [0.25, 0.3) is 22.6 Å². The van der Waals surface area contributed by atoms with E-state index in [0.717, 1.165) is 29.5 Å². The molecule has 2 aromatic carbocycles. The normalized spacial score (nSPS) is 14.2. The fourth-order valence-electron chi connectivity index (χ4n) is 4.41. The van der Waals surface area contributed by atoms with Gasteiger partial charge in [-0.1, -0.05) is 30.3 Å². The number of pyridine rings is 1. The molecule has 0 spiro atoms. The summed E-state index contributed by atoms with van der Waals surface area (Å²) in [6.45, 7) is 1.35. The number of rotatable bonds is 6. The largest absolute Gasteiger partial charge is 0.488 e. The van der Waals surface area contributed by atoms with Crippen LogP contribution in [-0.4, -0.2) is 50.0 Å². The van der Waals surface area contributed by atoms with Gasteiger partial charge >= 0.3 is 6.09 Å². The van der Waals surface area contributed by atoms with E-state index >= 15 is 0 Å². The molecule has 0 bridgehead atoms. The number of amides is 2. The summed E-state index contributed by atoms with van der Waals surface area (Å²) < 4.78 is 5.86. The monoisotopic (exact) mass is 471 g/mol. The van der Waals surface area contributed by atoms with Crippen LogP contribution in [0.2, 0.25) is 0 Å². The molecule has 1 aliphatic heterocycles. The number of benzene rings is 2. The van der Waals surface area contributed by atoms with Crippen LogP contribution in [0.5, 0.6) is 5.75 Å². The quantitative estimate of drug-likeness (QED) is 0.386. The van der Waals surface area contributed by atoms with E-state index in [9.17, 15) is 9.59 Å². The molecule has 3 heterocycles. The number of carbonyl (C=O) groups is 2. The van der Waals surface area contributed by atoms with Crippen molar-refractivity contribution in [1.82, 2.24) is 19.9 Å². The summed E-state index contributed by atoms with van der Waals surface area (Å²) >= 11 is 0. The summed E-state index contributed by atoms with van der Waals surface area (Å²) in [5, 5.41) is 9.16. The number of primary amides is 1. The number of piperidine rings is 1. The number of aromatic amines is 1. The van der Waals surface area contributed by atoms with Crippen molar-refractivity contribution in [2.24, 2.45) is 5.73 Å². The van der Waals surface area contributed by atoms with Crippen molar-refractivity contribution >= 4 is 23.2 Å². The molecule has 1 fully saturated rings. The van der Waals surface area contributed by atoms with E-state index in [0.29, 0.717) is 42.5 Å². The highest BCUT2D eigenvalue weighted by atomic mass is 16.5. The number of ether oxygens (including phenoxy) is 1. The number of aromatic nitrogens is 3. The van der Waals surface area contributed by atoms with E-state index in [2.05, 4.69) is 15.0 Å². The number of nitrogens with zero attached hydrogens (tertiary/aromatic N) is 3. The Labute approximate surface area is 201 Å². The van der Waals surface area contributed by atoms with Crippen LogP contribution in [0.4, 0.5) is 4.79 Å². The average Bonchev–Trinajstić information content (AvgIpc) is 3.31. The first kappa shape index (κ1) is 22.4. The minimum atomic E-state index is -0.873. The molecule has 178 valence electrons. The van der Waals surface area contributed by atoms with Gasteiger partial charge in [0.2, 0.25) is 0 Å². The summed E-state index contributed by atoms with van der Waals surface area (Å²) in [5.41, 5.74) is 9.99. The minimum absolute atomic E-state index is 0.247. The topological polar surface area (TPSA) is 134 Å². The Kier molecular flexibility index (Phi) is 6.05. The van der Waals surface area contributed by atoms with Gasteiger partial charge in [0.25, 0.3) is 5.91 Å². The molecular formula is C26H25N5O4. The molecule has 4 N–H and O–H groups in total. The third kappa shape index (κ3) is 4.79. The van der Waals surface area contributed by atoms with Gasteiger partial charge in [-0.05, 0) is 54.2 Å². The van der Waals surface area contributed by atoms with Crippen molar-refractivity contribution in [1.29, 1.82) is 0 Å². The van der Waals surface area contributed by atoms with E-state index in [4.69, 9.17) is 15.6 Å². The molecule has 4 aromatic rings. The van der Waals surface area contributed by atoms with Gasteiger partial charge in [0.1, 0.15) is 18.2 Å². The first-order valence-corrected chi connectivity index (χ1v) is 11.4. The number of hydrogen-bond acceptors (Lipinski definition) is 5. The highest BCUT2D eigenvalue weighted by molar-refractivity contribution is 5.97. The van der Waals surface area contributed by atoms with Gasteiger partial charge in [0.15, 0.2) is 5.65 Å². The summed E-state index contributed by atoms with van der Waals surface area (Å²) in [6.07, 6.45) is 2.45. The zero-order valence-electron chi connectivity index (χ0n) is 19.0. The number of hydrogen-bond donors (Lipinski definition) is 3. The van der Waals surface area contributed by atoms with E-state index < -0.39 is 12.0 Å². The molecule has 1 saturated heterocycles. The van der Waals surface area contributed by atoms with Gasteiger partial charge in [0, 0.05) is 24.8 Å². The fourth-order valence-corrected chi connectivity index (χ4v) is 4.41. The van der Waals surface area contributed by atoms with Crippen molar-refractivity contribution in [3.8, 4) is 17.1 Å². The van der Waals surface area contributed by atoms with Crippen molar-refractivity contribution in [3.63, 3.8) is 0 Å². The number of nitrogens with one attached hydrogen (secondary N) is 1. The molecule has 9 nitrogen and oxygen atoms in total. The zero-order valence-corrected chi connectivity index (χ0v) is 19.0. The molecule has 2 aromatic heterocycles. The number of H-pyrrole nitrogens is 1. The number of nitrogens with two attached hydrogens (primary N) is 1. The van der Waals surface area contributed by atoms with Gasteiger partial charge in [-0.15, -0.1) is 0 Å². The molecule has 5 rings (SSSR count). The number of carboxylic acid groups (broad SMARTS) is 1. The first-order valence-electron chi connectivity index (χ1n) is 11.4. The Morgan fingerprint density at radius 2 is 1.89 bits per heavy atom. The van der Waals surface area contributed by atoms with Gasteiger partial charge < -0.3 is 25.5 Å². The second-order valence-corrected chi connectivity index (χ2v) is 8.62. The lowest BCUT2D eigenvalue weighted by Crippen LogP contribution is -2.36. The summed E-state index contributed by atoms with van der Waals surface area (Å²) in [7, 11) is 0. The molecule has 0 aliphatic carbocycles. The van der Waals surface area contributed by atoms with Crippen molar-refractivity contribution in [3.05, 3.63) is 77.5 Å². The van der Waals surface area contributed by atoms with Gasteiger partial charge in [-0.25, -0.2) is 14.8 Å². The van der Waals surface area contributed by atoms with Crippen molar-refractivity contribution < 1.29 is 19.4 Å². The molecular weight excluding hydrogens is 446 g/mol. The smallest absolute Gasteiger partial charge is 0.407 e. The van der Waals surface area contributed by atoms with Gasteiger partial charge in [0.05, 0.1) is 11.1 Å². The van der Waals surface area contributed by atoms with Gasteiger partial charge in [-0.3, -0.25) is 4.79 Å². The first-order chi connectivity index (χ1) is 17.0. The maximum Gasteiger partial charge on any atom is 0.407 e. The lowest BCUT2D eigenvalue weighted by Gasteiger charge is -2.29. The Hall–Kier alpha value is -4.40. The highest BCUT2D eigenvalue weighted by Crippen LogP contribution is 2.31. The zero-order chi connectivity index (χ0) is 24.4. The predicted molar refractivity (Wildman–Crippen MR) is 130 cm³/mol. The Balaban J connectivity index is 1.37. The third-order valence-electron chi connectivity index (χ3n) is 6.35. The lowest BCUT2D eigenvalue weighted by molar-refractivity contribution is 0.0995. The molecule has 1 aliphatic rings. The molecule has 0 unspecified atom stereocenters. The number of imidazole rings is 1. The van der Waals surface area contributed by atoms with E-state index in [1.165, 1.54) is 4.90 Å². The van der Waals surface area contributed by atoms with Crippen LogP contribution in [0.3, 0.4) is 0 Å². The molecule has 0 radical (unpaired) electrons. The van der Waals surface area contributed by atoms with Crippen molar-refractivity contribution in [2.75, 3.05) is 13.1 Å². The van der Waals surface area contributed by atoms with E-state index in [-0.39, 0.29) is 11.5 Å². The van der Waals surface area contributed by atoms with Crippen LogP contribution in [0, 0.1) is 0 Å².